The van der Waals surface area contributed by atoms with Gasteiger partial charge in [-0.2, -0.15) is 26.3 Å². The zero-order chi connectivity index (χ0) is 27.8. The number of carboxylic acid groups (broad SMARTS) is 2. The van der Waals surface area contributed by atoms with Gasteiger partial charge in [0.2, 0.25) is 0 Å². The number of carboxylic acids is 2. The molecule has 1 unspecified atom stereocenters. The van der Waals surface area contributed by atoms with Crippen molar-refractivity contribution in [1.29, 1.82) is 0 Å². The first kappa shape index (κ1) is 30.9. The molecule has 2 N–H and O–H groups in total. The number of nitrogens with zero attached hydrogens (tertiary/aromatic N) is 4. The second kappa shape index (κ2) is 12.7. The monoisotopic (exact) mass is 532 g/mol. The molecule has 0 saturated heterocycles. The summed E-state index contributed by atoms with van der Waals surface area (Å²) in [5, 5.41) is 18.3. The first-order valence-electron chi connectivity index (χ1n) is 10.3. The van der Waals surface area contributed by atoms with Crippen LogP contribution < -0.4 is 0 Å². The highest BCUT2D eigenvalue weighted by molar-refractivity contribution is 5.73. The van der Waals surface area contributed by atoms with E-state index in [0.717, 1.165) is 50.0 Å². The lowest BCUT2D eigenvalue weighted by atomic mass is 9.98. The van der Waals surface area contributed by atoms with E-state index in [9.17, 15) is 26.3 Å². The van der Waals surface area contributed by atoms with Gasteiger partial charge in [-0.25, -0.2) is 14.6 Å². The van der Waals surface area contributed by atoms with E-state index in [0.29, 0.717) is 5.92 Å². The number of aliphatic carboxylic acids is 2. The quantitative estimate of drug-likeness (QED) is 0.556. The van der Waals surface area contributed by atoms with Crippen molar-refractivity contribution in [3.05, 3.63) is 34.7 Å². The van der Waals surface area contributed by atoms with E-state index < -0.39 is 24.3 Å². The largest absolute Gasteiger partial charge is 0.490 e. The van der Waals surface area contributed by atoms with Crippen LogP contribution in [0.15, 0.2) is 10.9 Å². The summed E-state index contributed by atoms with van der Waals surface area (Å²) in [6.45, 7) is 10.2. The van der Waals surface area contributed by atoms with Crippen molar-refractivity contribution in [3.8, 4) is 0 Å². The van der Waals surface area contributed by atoms with E-state index in [1.54, 1.807) is 0 Å². The predicted octanol–water partition coefficient (Wildman–Crippen LogP) is 3.43. The molecule has 0 fully saturated rings. The summed E-state index contributed by atoms with van der Waals surface area (Å²) < 4.78 is 76.6. The molecule has 3 heterocycles. The van der Waals surface area contributed by atoms with Crippen LogP contribution in [0.1, 0.15) is 41.2 Å². The maximum absolute atomic E-state index is 10.6. The van der Waals surface area contributed by atoms with Crippen molar-refractivity contribution in [2.45, 2.75) is 52.1 Å². The first-order valence-corrected chi connectivity index (χ1v) is 10.3. The predicted molar refractivity (Wildman–Crippen MR) is 110 cm³/mol. The molecular formula is C20H26F6N4O6. The lowest BCUT2D eigenvalue weighted by Gasteiger charge is -2.32. The molecule has 1 aliphatic rings. The summed E-state index contributed by atoms with van der Waals surface area (Å²) >= 11 is 0. The lowest BCUT2D eigenvalue weighted by molar-refractivity contribution is -0.193. The van der Waals surface area contributed by atoms with Crippen molar-refractivity contribution in [3.63, 3.8) is 0 Å². The summed E-state index contributed by atoms with van der Waals surface area (Å²) in [7, 11) is 2.06. The number of rotatable bonds is 5. The smallest absolute Gasteiger partial charge is 0.475 e. The topological polar surface area (TPSA) is 131 Å². The van der Waals surface area contributed by atoms with Crippen LogP contribution in [0.5, 0.6) is 0 Å². The fourth-order valence-electron chi connectivity index (χ4n) is 3.27. The number of fused-ring (bicyclic) bond motifs is 1. The molecule has 0 radical (unpaired) electrons. The molecule has 36 heavy (non-hydrogen) atoms. The number of halogens is 6. The highest BCUT2D eigenvalue weighted by Gasteiger charge is 2.39. The zero-order valence-corrected chi connectivity index (χ0v) is 19.8. The Labute approximate surface area is 201 Å². The molecule has 204 valence electrons. The Morgan fingerprint density at radius 2 is 1.67 bits per heavy atom. The molecule has 16 heteroatoms. The molecular weight excluding hydrogens is 506 g/mol. The minimum Gasteiger partial charge on any atom is -0.475 e. The van der Waals surface area contributed by atoms with Crippen molar-refractivity contribution in [2.24, 2.45) is 7.05 Å². The fraction of sp³-hybridized carbons (Fsp3) is 0.600. The Hall–Kier alpha value is -3.14. The van der Waals surface area contributed by atoms with Gasteiger partial charge >= 0.3 is 24.3 Å². The van der Waals surface area contributed by atoms with Crippen LogP contribution in [0.4, 0.5) is 26.3 Å². The van der Waals surface area contributed by atoms with E-state index in [1.165, 1.54) is 11.3 Å². The van der Waals surface area contributed by atoms with E-state index in [4.69, 9.17) is 29.1 Å². The van der Waals surface area contributed by atoms with Crippen LogP contribution in [0, 0.1) is 13.8 Å². The molecule has 1 atom stereocenters. The average Bonchev–Trinajstić information content (AvgIpc) is 3.28. The summed E-state index contributed by atoms with van der Waals surface area (Å²) in [5.41, 5.74) is 4.63. The SMILES string of the molecule is CCOCC1CN(Cc2c(C)noc2C)Cc2ncn(C)c21.O=C(O)C(F)(F)F.O=C(O)C(F)(F)F. The molecule has 10 nitrogen and oxygen atoms in total. The summed E-state index contributed by atoms with van der Waals surface area (Å²) in [5.74, 6) is -4.25. The average molecular weight is 532 g/mol. The van der Waals surface area contributed by atoms with Crippen LogP contribution in [-0.2, 0) is 34.5 Å². The molecule has 0 bridgehead atoms. The van der Waals surface area contributed by atoms with Crippen LogP contribution in [0.2, 0.25) is 0 Å². The van der Waals surface area contributed by atoms with Gasteiger partial charge in [0.1, 0.15) is 5.76 Å². The zero-order valence-electron chi connectivity index (χ0n) is 19.8. The Morgan fingerprint density at radius 3 is 2.08 bits per heavy atom. The standard InChI is InChI=1S/C16H24N4O2.2C2HF3O2/c1-5-21-9-13-6-20(7-14-11(2)18-22-12(14)3)8-15-16(13)19(4)10-17-15;2*3-2(4,5)1(6)7/h10,13H,5-9H2,1-4H3;2*(H,6,7). The van der Waals surface area contributed by atoms with Crippen LogP contribution in [0.3, 0.4) is 0 Å². The van der Waals surface area contributed by atoms with Crippen molar-refractivity contribution >= 4 is 11.9 Å². The van der Waals surface area contributed by atoms with E-state index >= 15 is 0 Å². The molecule has 1 aliphatic heterocycles. The Kier molecular flexibility index (Phi) is 10.9. The Balaban J connectivity index is 0.000000383. The molecule has 0 saturated carbocycles. The Morgan fingerprint density at radius 1 is 1.14 bits per heavy atom. The number of aryl methyl sites for hydroxylation is 3. The number of aromatic nitrogens is 3. The second-order valence-corrected chi connectivity index (χ2v) is 7.62. The normalized spacial score (nSPS) is 15.8. The number of carbonyl (C=O) groups is 2. The Bertz CT molecular complexity index is 974. The van der Waals surface area contributed by atoms with Crippen molar-refractivity contribution < 1.29 is 55.4 Å². The van der Waals surface area contributed by atoms with E-state index in [1.807, 2.05) is 27.1 Å². The van der Waals surface area contributed by atoms with Crippen LogP contribution >= 0.6 is 0 Å². The van der Waals surface area contributed by atoms with Gasteiger partial charge in [-0.3, -0.25) is 4.90 Å². The van der Waals surface area contributed by atoms with Gasteiger partial charge in [-0.15, -0.1) is 0 Å². The second-order valence-electron chi connectivity index (χ2n) is 7.62. The van der Waals surface area contributed by atoms with E-state index in [-0.39, 0.29) is 0 Å². The van der Waals surface area contributed by atoms with Gasteiger partial charge in [0, 0.05) is 50.5 Å². The van der Waals surface area contributed by atoms with Gasteiger partial charge in [0.05, 0.1) is 24.3 Å². The highest BCUT2D eigenvalue weighted by atomic mass is 19.4. The third-order valence-electron chi connectivity index (χ3n) is 4.87. The minimum atomic E-state index is -5.08. The fourth-order valence-corrected chi connectivity index (χ4v) is 3.27. The number of hydrogen-bond donors (Lipinski definition) is 2. The summed E-state index contributed by atoms with van der Waals surface area (Å²) in [6.07, 6.45) is -8.26. The third kappa shape index (κ3) is 9.14. The minimum absolute atomic E-state index is 0.358. The molecule has 0 aromatic carbocycles. The van der Waals surface area contributed by atoms with Crippen molar-refractivity contribution in [2.75, 3.05) is 19.8 Å². The van der Waals surface area contributed by atoms with Gasteiger partial charge in [-0.1, -0.05) is 5.16 Å². The van der Waals surface area contributed by atoms with Gasteiger partial charge in [-0.05, 0) is 20.8 Å². The number of hydrogen-bond acceptors (Lipinski definition) is 7. The molecule has 2 aromatic rings. The lowest BCUT2D eigenvalue weighted by Crippen LogP contribution is -2.36. The van der Waals surface area contributed by atoms with Gasteiger partial charge < -0.3 is 24.0 Å². The molecule has 0 aliphatic carbocycles. The maximum Gasteiger partial charge on any atom is 0.490 e. The molecule has 3 rings (SSSR count). The number of alkyl halides is 6. The van der Waals surface area contributed by atoms with Gasteiger partial charge in [0.15, 0.2) is 0 Å². The maximum atomic E-state index is 10.6. The third-order valence-corrected chi connectivity index (χ3v) is 4.87. The number of ether oxygens (including phenoxy) is 1. The first-order chi connectivity index (χ1) is 16.5. The van der Waals surface area contributed by atoms with Crippen LogP contribution in [-0.4, -0.2) is 73.9 Å². The van der Waals surface area contributed by atoms with Crippen LogP contribution in [0.25, 0.3) is 0 Å². The molecule has 2 aromatic heterocycles. The van der Waals surface area contributed by atoms with Crippen molar-refractivity contribution in [1.82, 2.24) is 19.6 Å². The summed E-state index contributed by atoms with van der Waals surface area (Å²) in [6, 6.07) is 0. The van der Waals surface area contributed by atoms with Gasteiger partial charge in [0.25, 0.3) is 0 Å². The summed E-state index contributed by atoms with van der Waals surface area (Å²) in [4.78, 5) is 24.8. The highest BCUT2D eigenvalue weighted by Crippen LogP contribution is 2.29. The number of imidazole rings is 1. The molecule has 0 amide bonds. The molecule has 0 spiro atoms. The van der Waals surface area contributed by atoms with E-state index in [2.05, 4.69) is 26.7 Å².